The van der Waals surface area contributed by atoms with E-state index < -0.39 is 11.7 Å². The maximum Gasteiger partial charge on any atom is 0.416 e. The summed E-state index contributed by atoms with van der Waals surface area (Å²) in [5, 5.41) is 3.21. The van der Waals surface area contributed by atoms with Gasteiger partial charge in [0.15, 0.2) is 0 Å². The Morgan fingerprint density at radius 2 is 1.79 bits per heavy atom. The molecule has 0 spiro atoms. The Hall–Kier alpha value is -2.34. The fraction of sp³-hybridized carbons (Fsp3) is 0.409. The maximum atomic E-state index is 12.8. The van der Waals surface area contributed by atoms with Crippen LogP contribution in [-0.2, 0) is 23.9 Å². The van der Waals surface area contributed by atoms with Crippen molar-refractivity contribution in [3.05, 3.63) is 71.3 Å². The molecule has 3 rings (SSSR count). The minimum Gasteiger partial charge on any atom is -0.339 e. The minimum absolute atomic E-state index is 0.193. The van der Waals surface area contributed by atoms with Gasteiger partial charge in [-0.05, 0) is 43.0 Å². The average Bonchev–Trinajstić information content (AvgIpc) is 3.03. The molecule has 1 fully saturated rings. The highest BCUT2D eigenvalue weighted by Crippen LogP contribution is 2.29. The number of nitrogens with zero attached hydrogens (tertiary/aromatic N) is 1. The van der Waals surface area contributed by atoms with E-state index in [2.05, 4.69) is 17.4 Å². The first-order valence-electron chi connectivity index (χ1n) is 9.64. The normalized spacial score (nSPS) is 17.3. The zero-order chi connectivity index (χ0) is 20.0. The van der Waals surface area contributed by atoms with E-state index in [0.717, 1.165) is 25.3 Å². The molecule has 6 heteroatoms. The molecular weight excluding hydrogens is 365 g/mol. The van der Waals surface area contributed by atoms with Gasteiger partial charge >= 0.3 is 6.18 Å². The monoisotopic (exact) mass is 390 g/mol. The number of benzene rings is 2. The summed E-state index contributed by atoms with van der Waals surface area (Å²) in [5.74, 6) is 0.193. The number of carbonyl (C=O) groups is 1. The molecule has 0 saturated carbocycles. The Bertz CT molecular complexity index is 777. The standard InChI is InChI=1S/C22H25F3N2O/c23-22(24,25)19-8-4-7-18(15-19)16-26-13-11-20-9-10-21(28)27(20)14-12-17-5-2-1-3-6-17/h1-8,15,20,26H,9-14,16H2/t20-/m1/s1. The third-order valence-corrected chi connectivity index (χ3v) is 5.17. The number of hydrogen-bond acceptors (Lipinski definition) is 2. The van der Waals surface area contributed by atoms with Crippen molar-refractivity contribution in [1.82, 2.24) is 10.2 Å². The van der Waals surface area contributed by atoms with Gasteiger partial charge in [0.1, 0.15) is 0 Å². The van der Waals surface area contributed by atoms with E-state index in [9.17, 15) is 18.0 Å². The van der Waals surface area contributed by atoms with Gasteiger partial charge < -0.3 is 10.2 Å². The van der Waals surface area contributed by atoms with Crippen LogP contribution in [-0.4, -0.2) is 29.9 Å². The summed E-state index contributed by atoms with van der Waals surface area (Å²) in [5.41, 5.74) is 1.20. The van der Waals surface area contributed by atoms with Crippen LogP contribution in [0.2, 0.25) is 0 Å². The number of likely N-dealkylation sites (tertiary alicyclic amines) is 1. The van der Waals surface area contributed by atoms with Gasteiger partial charge in [-0.1, -0.05) is 48.5 Å². The lowest BCUT2D eigenvalue weighted by molar-refractivity contribution is -0.137. The second kappa shape index (κ2) is 9.24. The summed E-state index contributed by atoms with van der Waals surface area (Å²) in [7, 11) is 0. The van der Waals surface area contributed by atoms with Crippen molar-refractivity contribution in [2.24, 2.45) is 0 Å². The van der Waals surface area contributed by atoms with Crippen LogP contribution in [0.1, 0.15) is 36.0 Å². The van der Waals surface area contributed by atoms with Crippen LogP contribution in [0.5, 0.6) is 0 Å². The smallest absolute Gasteiger partial charge is 0.339 e. The second-order valence-electron chi connectivity index (χ2n) is 7.18. The number of hydrogen-bond donors (Lipinski definition) is 1. The maximum absolute atomic E-state index is 12.8. The Labute approximate surface area is 163 Å². The van der Waals surface area contributed by atoms with Gasteiger partial charge in [-0.25, -0.2) is 0 Å². The van der Waals surface area contributed by atoms with Crippen molar-refractivity contribution in [2.45, 2.75) is 44.4 Å². The lowest BCUT2D eigenvalue weighted by atomic mass is 10.1. The summed E-state index contributed by atoms with van der Waals surface area (Å²) >= 11 is 0. The molecule has 3 nitrogen and oxygen atoms in total. The molecule has 0 aromatic heterocycles. The van der Waals surface area contributed by atoms with E-state index >= 15 is 0 Å². The number of amides is 1. The molecule has 28 heavy (non-hydrogen) atoms. The SMILES string of the molecule is O=C1CC[C@H](CCNCc2cccc(C(F)(F)F)c2)N1CCc1ccccc1. The third-order valence-electron chi connectivity index (χ3n) is 5.17. The van der Waals surface area contributed by atoms with Gasteiger partial charge in [0.05, 0.1) is 5.56 Å². The second-order valence-corrected chi connectivity index (χ2v) is 7.18. The number of alkyl halides is 3. The molecule has 0 unspecified atom stereocenters. The predicted molar refractivity (Wildman–Crippen MR) is 103 cm³/mol. The lowest BCUT2D eigenvalue weighted by Gasteiger charge is -2.25. The zero-order valence-electron chi connectivity index (χ0n) is 15.7. The summed E-state index contributed by atoms with van der Waals surface area (Å²) < 4.78 is 38.3. The number of nitrogens with one attached hydrogen (secondary N) is 1. The summed E-state index contributed by atoms with van der Waals surface area (Å²) in [6.45, 7) is 1.76. The molecule has 0 aliphatic carbocycles. The van der Waals surface area contributed by atoms with Crippen molar-refractivity contribution < 1.29 is 18.0 Å². The number of carbonyl (C=O) groups excluding carboxylic acids is 1. The summed E-state index contributed by atoms with van der Waals surface area (Å²) in [4.78, 5) is 14.1. The third kappa shape index (κ3) is 5.58. The first-order chi connectivity index (χ1) is 13.4. The minimum atomic E-state index is -4.32. The van der Waals surface area contributed by atoms with E-state index in [1.165, 1.54) is 17.7 Å². The molecule has 0 radical (unpaired) electrons. The van der Waals surface area contributed by atoms with Crippen LogP contribution in [0, 0.1) is 0 Å². The number of rotatable bonds is 8. The van der Waals surface area contributed by atoms with Crippen LogP contribution in [0.25, 0.3) is 0 Å². The van der Waals surface area contributed by atoms with Crippen molar-refractivity contribution in [3.8, 4) is 0 Å². The largest absolute Gasteiger partial charge is 0.416 e. The molecule has 0 bridgehead atoms. The fourth-order valence-corrected chi connectivity index (χ4v) is 3.65. The van der Waals surface area contributed by atoms with Crippen molar-refractivity contribution in [2.75, 3.05) is 13.1 Å². The Balaban J connectivity index is 1.45. The van der Waals surface area contributed by atoms with Crippen LogP contribution in [0.3, 0.4) is 0 Å². The molecule has 150 valence electrons. The molecule has 2 aromatic rings. The topological polar surface area (TPSA) is 32.3 Å². The van der Waals surface area contributed by atoms with Crippen molar-refractivity contribution in [1.29, 1.82) is 0 Å². The van der Waals surface area contributed by atoms with Crippen LogP contribution >= 0.6 is 0 Å². The first kappa shape index (κ1) is 20.4. The molecule has 1 amide bonds. The quantitative estimate of drug-likeness (QED) is 0.677. The van der Waals surface area contributed by atoms with Crippen molar-refractivity contribution >= 4 is 5.91 Å². The fourth-order valence-electron chi connectivity index (χ4n) is 3.65. The molecular formula is C22H25F3N2O. The highest BCUT2D eigenvalue weighted by molar-refractivity contribution is 5.78. The molecule has 1 saturated heterocycles. The Morgan fingerprint density at radius 1 is 1.04 bits per heavy atom. The molecule has 1 aliphatic rings. The van der Waals surface area contributed by atoms with Gasteiger partial charge in [-0.15, -0.1) is 0 Å². The average molecular weight is 390 g/mol. The summed E-state index contributed by atoms with van der Waals surface area (Å²) in [6.07, 6.45) is -1.26. The van der Waals surface area contributed by atoms with E-state index in [4.69, 9.17) is 0 Å². The molecule has 1 aliphatic heterocycles. The van der Waals surface area contributed by atoms with E-state index in [1.807, 2.05) is 23.1 Å². The van der Waals surface area contributed by atoms with Gasteiger partial charge in [0.2, 0.25) is 5.91 Å². The highest BCUT2D eigenvalue weighted by Gasteiger charge is 2.31. The first-order valence-corrected chi connectivity index (χ1v) is 9.64. The molecule has 1 heterocycles. The Morgan fingerprint density at radius 3 is 2.54 bits per heavy atom. The molecule has 2 aromatic carbocycles. The Kier molecular flexibility index (Phi) is 6.73. The molecule has 1 N–H and O–H groups in total. The van der Waals surface area contributed by atoms with Gasteiger partial charge in [0.25, 0.3) is 0 Å². The number of halogens is 3. The van der Waals surface area contributed by atoms with Crippen LogP contribution < -0.4 is 5.32 Å². The lowest BCUT2D eigenvalue weighted by Crippen LogP contribution is -2.36. The van der Waals surface area contributed by atoms with Gasteiger partial charge in [0, 0.05) is 25.6 Å². The zero-order valence-corrected chi connectivity index (χ0v) is 15.7. The van der Waals surface area contributed by atoms with E-state index in [1.54, 1.807) is 6.07 Å². The van der Waals surface area contributed by atoms with Gasteiger partial charge in [-0.2, -0.15) is 13.2 Å². The summed E-state index contributed by atoms with van der Waals surface area (Å²) in [6, 6.07) is 15.7. The van der Waals surface area contributed by atoms with Gasteiger partial charge in [-0.3, -0.25) is 4.79 Å². The highest BCUT2D eigenvalue weighted by atomic mass is 19.4. The van der Waals surface area contributed by atoms with E-state index in [-0.39, 0.29) is 11.9 Å². The van der Waals surface area contributed by atoms with E-state index in [0.29, 0.717) is 31.6 Å². The van der Waals surface area contributed by atoms with Crippen LogP contribution in [0.4, 0.5) is 13.2 Å². The van der Waals surface area contributed by atoms with Crippen molar-refractivity contribution in [3.63, 3.8) is 0 Å². The molecule has 1 atom stereocenters. The van der Waals surface area contributed by atoms with Crippen LogP contribution in [0.15, 0.2) is 54.6 Å². The predicted octanol–water partition coefficient (Wildman–Crippen LogP) is 4.42.